The quantitative estimate of drug-likeness (QED) is 0.259. The fourth-order valence-corrected chi connectivity index (χ4v) is 5.64. The Balaban J connectivity index is 1.36. The molecule has 2 heterocycles. The molecule has 1 atom stereocenters. The topological polar surface area (TPSA) is 94.8 Å². The molecule has 4 aromatic rings. The lowest BCUT2D eigenvalue weighted by Crippen LogP contribution is -2.41. The summed E-state index contributed by atoms with van der Waals surface area (Å²) in [5, 5.41) is 3.48. The molecule has 1 fully saturated rings. The number of nitrogens with zero attached hydrogens (tertiary/aromatic N) is 3. The summed E-state index contributed by atoms with van der Waals surface area (Å²) in [6, 6.07) is 19.3. The smallest absolute Gasteiger partial charge is 0.333 e. The maximum absolute atomic E-state index is 14.0. The Labute approximate surface area is 262 Å². The van der Waals surface area contributed by atoms with E-state index in [1.54, 1.807) is 46.9 Å². The lowest BCUT2D eigenvalue weighted by atomic mass is 10.1. The van der Waals surface area contributed by atoms with E-state index in [0.717, 1.165) is 18.4 Å². The largest absolute Gasteiger partial charge is 0.497 e. The van der Waals surface area contributed by atoms with Crippen LogP contribution in [-0.2, 0) is 13.1 Å². The molecule has 0 bridgehead atoms. The number of imidazole rings is 1. The fraction of sp³-hybridized carbons (Fsp3) is 0.281. The van der Waals surface area contributed by atoms with Gasteiger partial charge in [0.15, 0.2) is 0 Å². The molecule has 0 spiro atoms. The molecule has 2 amide bonds. The minimum absolute atomic E-state index is 0.0807. The molecule has 9 nitrogen and oxygen atoms in total. The van der Waals surface area contributed by atoms with Gasteiger partial charge in [0.2, 0.25) is 0 Å². The Morgan fingerprint density at radius 3 is 2.35 bits per heavy atom. The van der Waals surface area contributed by atoms with Gasteiger partial charge in [0.05, 0.1) is 42.2 Å². The van der Waals surface area contributed by atoms with Crippen LogP contribution in [0.3, 0.4) is 0 Å². The van der Waals surface area contributed by atoms with Gasteiger partial charge in [-0.05, 0) is 95.9 Å². The van der Waals surface area contributed by atoms with Crippen LogP contribution in [0.5, 0.6) is 11.5 Å². The minimum Gasteiger partial charge on any atom is -0.497 e. The number of rotatable bonds is 8. The van der Waals surface area contributed by atoms with E-state index >= 15 is 0 Å². The summed E-state index contributed by atoms with van der Waals surface area (Å²) >= 11 is 9.62. The van der Waals surface area contributed by atoms with Crippen molar-refractivity contribution in [3.8, 4) is 17.2 Å². The molecule has 1 aromatic heterocycles. The van der Waals surface area contributed by atoms with Gasteiger partial charge in [-0.15, -0.1) is 0 Å². The summed E-state index contributed by atoms with van der Waals surface area (Å²) in [5.74, 6) is 0.768. The van der Waals surface area contributed by atoms with E-state index in [1.807, 2.05) is 43.3 Å². The number of hydrogen-bond donors (Lipinski definition) is 1. The number of fused-ring (bicyclic) bond motifs is 1. The van der Waals surface area contributed by atoms with Gasteiger partial charge in [0.1, 0.15) is 17.2 Å². The van der Waals surface area contributed by atoms with Crippen molar-refractivity contribution in [2.24, 2.45) is 0 Å². The van der Waals surface area contributed by atoms with Crippen LogP contribution in [0.2, 0.25) is 5.02 Å². The first-order valence-corrected chi connectivity index (χ1v) is 15.2. The molecule has 1 saturated carbocycles. The van der Waals surface area contributed by atoms with Crippen molar-refractivity contribution >= 4 is 39.3 Å². The standard InChI is InChI=1S/C32H30BrClN4O5/c1-19(20-3-8-23(42-2)9-4-20)35-30(39)29-28-18-36(31(40)21-5-14-26(33)27(34)17-21)15-16-37(28)32(41)38(29)22-6-10-24(11-7-22)43-25-12-13-25/h3-11,14,17,19,25H,12-13,15-16,18H2,1-2H3,(H,35,39)/t19-/m1/s1. The van der Waals surface area contributed by atoms with E-state index in [4.69, 9.17) is 21.1 Å². The molecular weight excluding hydrogens is 636 g/mol. The van der Waals surface area contributed by atoms with Crippen molar-refractivity contribution < 1.29 is 19.1 Å². The predicted molar refractivity (Wildman–Crippen MR) is 166 cm³/mol. The normalized spacial score (nSPS) is 15.0. The van der Waals surface area contributed by atoms with E-state index in [2.05, 4.69) is 21.2 Å². The molecule has 43 heavy (non-hydrogen) atoms. The van der Waals surface area contributed by atoms with Crippen LogP contribution in [0.1, 0.15) is 57.9 Å². The van der Waals surface area contributed by atoms with Crippen molar-refractivity contribution in [1.29, 1.82) is 0 Å². The second-order valence-corrected chi connectivity index (χ2v) is 12.0. The van der Waals surface area contributed by atoms with E-state index in [-0.39, 0.29) is 42.5 Å². The molecule has 1 N–H and O–H groups in total. The molecular formula is C32H30BrClN4O5. The summed E-state index contributed by atoms with van der Waals surface area (Å²) in [5.41, 5.74) is 2.15. The number of halogens is 2. The third-order valence-electron chi connectivity index (χ3n) is 7.73. The molecule has 11 heteroatoms. The van der Waals surface area contributed by atoms with Gasteiger partial charge in [-0.1, -0.05) is 23.7 Å². The number of benzene rings is 3. The third-order valence-corrected chi connectivity index (χ3v) is 8.97. The monoisotopic (exact) mass is 664 g/mol. The van der Waals surface area contributed by atoms with E-state index in [9.17, 15) is 14.4 Å². The summed E-state index contributed by atoms with van der Waals surface area (Å²) in [6.45, 7) is 2.51. The van der Waals surface area contributed by atoms with Gasteiger partial charge in [-0.2, -0.15) is 0 Å². The van der Waals surface area contributed by atoms with Gasteiger partial charge >= 0.3 is 5.69 Å². The zero-order chi connectivity index (χ0) is 30.2. The molecule has 0 unspecified atom stereocenters. The van der Waals surface area contributed by atoms with Crippen molar-refractivity contribution in [3.63, 3.8) is 0 Å². The zero-order valence-electron chi connectivity index (χ0n) is 23.7. The molecule has 0 radical (unpaired) electrons. The summed E-state index contributed by atoms with van der Waals surface area (Å²) in [7, 11) is 1.60. The number of amides is 2. The lowest BCUT2D eigenvalue weighted by molar-refractivity contribution is 0.0706. The van der Waals surface area contributed by atoms with Gasteiger partial charge in [-0.25, -0.2) is 4.79 Å². The second-order valence-electron chi connectivity index (χ2n) is 10.7. The molecule has 6 rings (SSSR count). The number of ether oxygens (including phenoxy) is 2. The second kappa shape index (κ2) is 11.9. The van der Waals surface area contributed by atoms with Crippen LogP contribution in [-0.4, -0.2) is 45.6 Å². The van der Waals surface area contributed by atoms with Crippen molar-refractivity contribution in [2.45, 2.75) is 45.0 Å². The molecule has 2 aliphatic rings. The highest BCUT2D eigenvalue weighted by molar-refractivity contribution is 9.10. The van der Waals surface area contributed by atoms with Crippen LogP contribution < -0.4 is 20.5 Å². The maximum Gasteiger partial charge on any atom is 0.333 e. The van der Waals surface area contributed by atoms with Crippen LogP contribution in [0.25, 0.3) is 5.69 Å². The van der Waals surface area contributed by atoms with E-state index < -0.39 is 5.91 Å². The first-order valence-electron chi connectivity index (χ1n) is 14.0. The molecule has 222 valence electrons. The molecule has 3 aromatic carbocycles. The Kier molecular flexibility index (Phi) is 8.07. The number of carbonyl (C=O) groups is 2. The van der Waals surface area contributed by atoms with Crippen molar-refractivity contribution in [1.82, 2.24) is 19.4 Å². The first kappa shape index (κ1) is 29.1. The third kappa shape index (κ3) is 5.94. The van der Waals surface area contributed by atoms with Gasteiger partial charge < -0.3 is 19.7 Å². The number of methoxy groups -OCH3 is 1. The summed E-state index contributed by atoms with van der Waals surface area (Å²) in [6.07, 6.45) is 2.30. The SMILES string of the molecule is COc1ccc([C@@H](C)NC(=O)c2c3n(c(=O)n2-c2ccc(OC4CC4)cc2)CCN(C(=O)c2ccc(Br)c(Cl)c2)C3)cc1. The van der Waals surface area contributed by atoms with Crippen molar-refractivity contribution in [3.05, 3.63) is 109 Å². The van der Waals surface area contributed by atoms with Crippen LogP contribution in [0.4, 0.5) is 0 Å². The van der Waals surface area contributed by atoms with Gasteiger partial charge in [0, 0.05) is 23.1 Å². The zero-order valence-corrected chi connectivity index (χ0v) is 26.0. The maximum atomic E-state index is 14.0. The van der Waals surface area contributed by atoms with E-state index in [1.165, 1.54) is 4.57 Å². The number of carbonyl (C=O) groups excluding carboxylic acids is 2. The highest BCUT2D eigenvalue weighted by atomic mass is 79.9. The van der Waals surface area contributed by atoms with Crippen LogP contribution in [0, 0.1) is 0 Å². The lowest BCUT2D eigenvalue weighted by Gasteiger charge is -2.28. The molecule has 1 aliphatic carbocycles. The Morgan fingerprint density at radius 2 is 1.70 bits per heavy atom. The van der Waals surface area contributed by atoms with Crippen LogP contribution in [0.15, 0.2) is 76.0 Å². The summed E-state index contributed by atoms with van der Waals surface area (Å²) in [4.78, 5) is 43.0. The number of aromatic nitrogens is 2. The van der Waals surface area contributed by atoms with Crippen LogP contribution >= 0.6 is 27.5 Å². The highest BCUT2D eigenvalue weighted by Crippen LogP contribution is 2.29. The van der Waals surface area contributed by atoms with Gasteiger partial charge in [0.25, 0.3) is 11.8 Å². The average Bonchev–Trinajstić information content (AvgIpc) is 3.79. The van der Waals surface area contributed by atoms with Crippen molar-refractivity contribution in [2.75, 3.05) is 13.7 Å². The van der Waals surface area contributed by atoms with E-state index in [0.29, 0.717) is 44.5 Å². The fourth-order valence-electron chi connectivity index (χ4n) is 5.21. The Bertz CT molecular complexity index is 1750. The number of hydrogen-bond acceptors (Lipinski definition) is 5. The Morgan fingerprint density at radius 1 is 1.00 bits per heavy atom. The average molecular weight is 666 g/mol. The molecule has 1 aliphatic heterocycles. The first-order chi connectivity index (χ1) is 20.7. The highest BCUT2D eigenvalue weighted by Gasteiger charge is 2.33. The molecule has 0 saturated heterocycles. The summed E-state index contributed by atoms with van der Waals surface area (Å²) < 4.78 is 14.8. The number of nitrogens with one attached hydrogen (secondary N) is 1. The van der Waals surface area contributed by atoms with Gasteiger partial charge in [-0.3, -0.25) is 18.7 Å². The Hall–Kier alpha value is -4.02. The predicted octanol–water partition coefficient (Wildman–Crippen LogP) is 5.75. The minimum atomic E-state index is -0.423.